The first kappa shape index (κ1) is 21.7. The van der Waals surface area contributed by atoms with Crippen LogP contribution >= 0.6 is 24.0 Å². The van der Waals surface area contributed by atoms with Gasteiger partial charge in [0.15, 0.2) is 5.96 Å². The van der Waals surface area contributed by atoms with Gasteiger partial charge in [0.25, 0.3) is 0 Å². The van der Waals surface area contributed by atoms with Crippen LogP contribution in [0, 0.1) is 0 Å². The fourth-order valence-electron chi connectivity index (χ4n) is 1.69. The molecule has 0 saturated heterocycles. The highest BCUT2D eigenvalue weighted by molar-refractivity contribution is 14.0. The summed E-state index contributed by atoms with van der Waals surface area (Å²) in [5.74, 6) is 1.38. The Bertz CT molecular complexity index is 438. The lowest BCUT2D eigenvalue weighted by Gasteiger charge is -2.11. The standard InChI is InChI=1S/C15H26N4O3.HI/c1-3-16-14(20)11-19-15(17-4-2)18-8-6-9-21-12-13-7-5-10-22-13;/h5,7,10H,3-4,6,8-9,11-12H2,1-2H3,(H,16,20)(H2,17,18,19);1H. The first-order valence-electron chi connectivity index (χ1n) is 7.65. The first-order valence-corrected chi connectivity index (χ1v) is 7.65. The van der Waals surface area contributed by atoms with Crippen molar-refractivity contribution in [3.8, 4) is 0 Å². The molecule has 8 heteroatoms. The van der Waals surface area contributed by atoms with Crippen LogP contribution in [-0.4, -0.2) is 44.7 Å². The van der Waals surface area contributed by atoms with E-state index < -0.39 is 0 Å². The van der Waals surface area contributed by atoms with Crippen LogP contribution in [0.1, 0.15) is 26.0 Å². The van der Waals surface area contributed by atoms with Crippen molar-refractivity contribution < 1.29 is 13.9 Å². The number of amides is 1. The van der Waals surface area contributed by atoms with E-state index in [1.54, 1.807) is 6.26 Å². The molecule has 7 nitrogen and oxygen atoms in total. The third-order valence-electron chi connectivity index (χ3n) is 2.68. The zero-order valence-corrected chi connectivity index (χ0v) is 16.1. The number of likely N-dealkylation sites (N-methyl/N-ethyl adjacent to an activating group) is 1. The first-order chi connectivity index (χ1) is 10.8. The summed E-state index contributed by atoms with van der Waals surface area (Å²) in [7, 11) is 0. The van der Waals surface area contributed by atoms with Gasteiger partial charge in [-0.25, -0.2) is 4.99 Å². The van der Waals surface area contributed by atoms with Crippen molar-refractivity contribution in [2.24, 2.45) is 4.99 Å². The number of ether oxygens (including phenoxy) is 1. The number of nitrogens with one attached hydrogen (secondary N) is 3. The highest BCUT2D eigenvalue weighted by Crippen LogP contribution is 2.01. The van der Waals surface area contributed by atoms with Crippen LogP contribution in [0.3, 0.4) is 0 Å². The molecule has 0 spiro atoms. The van der Waals surface area contributed by atoms with Crippen LogP contribution in [0.5, 0.6) is 0 Å². The van der Waals surface area contributed by atoms with Gasteiger partial charge in [-0.2, -0.15) is 0 Å². The molecule has 1 aromatic heterocycles. The van der Waals surface area contributed by atoms with Gasteiger partial charge in [-0.3, -0.25) is 4.79 Å². The summed E-state index contributed by atoms with van der Waals surface area (Å²) in [6.07, 6.45) is 2.47. The predicted molar refractivity (Wildman–Crippen MR) is 101 cm³/mol. The van der Waals surface area contributed by atoms with E-state index >= 15 is 0 Å². The van der Waals surface area contributed by atoms with Gasteiger partial charge in [0, 0.05) is 26.2 Å². The monoisotopic (exact) mass is 438 g/mol. The van der Waals surface area contributed by atoms with E-state index in [9.17, 15) is 4.79 Å². The molecule has 132 valence electrons. The summed E-state index contributed by atoms with van der Waals surface area (Å²) in [5.41, 5.74) is 0. The molecule has 0 aliphatic rings. The van der Waals surface area contributed by atoms with E-state index in [2.05, 4.69) is 20.9 Å². The average molecular weight is 438 g/mol. The fraction of sp³-hybridized carbons (Fsp3) is 0.600. The van der Waals surface area contributed by atoms with Crippen molar-refractivity contribution in [2.75, 3.05) is 32.8 Å². The lowest BCUT2D eigenvalue weighted by atomic mass is 10.4. The number of hydrogen-bond acceptors (Lipinski definition) is 4. The number of hydrogen-bond donors (Lipinski definition) is 3. The number of carbonyl (C=O) groups excluding carboxylic acids is 1. The zero-order valence-electron chi connectivity index (χ0n) is 13.8. The van der Waals surface area contributed by atoms with Gasteiger partial charge < -0.3 is 25.1 Å². The number of rotatable bonds is 10. The summed E-state index contributed by atoms with van der Waals surface area (Å²) >= 11 is 0. The molecule has 1 aromatic rings. The summed E-state index contributed by atoms with van der Waals surface area (Å²) < 4.78 is 10.7. The maximum absolute atomic E-state index is 11.4. The van der Waals surface area contributed by atoms with Crippen LogP contribution in [0.15, 0.2) is 27.8 Å². The molecule has 3 N–H and O–H groups in total. The molecule has 0 unspecified atom stereocenters. The molecule has 1 rings (SSSR count). The Labute approximate surface area is 154 Å². The minimum absolute atomic E-state index is 0. The molecule has 0 radical (unpaired) electrons. The maximum atomic E-state index is 11.4. The van der Waals surface area contributed by atoms with Crippen LogP contribution < -0.4 is 16.0 Å². The predicted octanol–water partition coefficient (Wildman–Crippen LogP) is 1.50. The van der Waals surface area contributed by atoms with E-state index in [0.717, 1.165) is 25.3 Å². The number of furan rings is 1. The van der Waals surface area contributed by atoms with Gasteiger partial charge in [0.1, 0.15) is 18.9 Å². The van der Waals surface area contributed by atoms with Crippen LogP contribution in [0.2, 0.25) is 0 Å². The molecule has 0 atom stereocenters. The van der Waals surface area contributed by atoms with Crippen LogP contribution in [0.4, 0.5) is 0 Å². The molecule has 0 aromatic carbocycles. The van der Waals surface area contributed by atoms with Crippen LogP contribution in [-0.2, 0) is 16.1 Å². The van der Waals surface area contributed by atoms with Gasteiger partial charge in [0.2, 0.25) is 5.91 Å². The summed E-state index contributed by atoms with van der Waals surface area (Å²) in [5, 5.41) is 8.97. The largest absolute Gasteiger partial charge is 0.467 e. The number of nitrogens with zero attached hydrogens (tertiary/aromatic N) is 1. The van der Waals surface area contributed by atoms with Gasteiger partial charge in [-0.1, -0.05) is 0 Å². The topological polar surface area (TPSA) is 87.9 Å². The van der Waals surface area contributed by atoms with Crippen molar-refractivity contribution in [3.63, 3.8) is 0 Å². The van der Waals surface area contributed by atoms with E-state index in [0.29, 0.717) is 25.7 Å². The molecule has 0 saturated carbocycles. The third-order valence-corrected chi connectivity index (χ3v) is 2.68. The minimum atomic E-state index is -0.0820. The molecule has 0 fully saturated rings. The Balaban J connectivity index is 0.00000484. The molecule has 0 aliphatic heterocycles. The fourth-order valence-corrected chi connectivity index (χ4v) is 1.69. The quantitative estimate of drug-likeness (QED) is 0.223. The molecule has 23 heavy (non-hydrogen) atoms. The molecular weight excluding hydrogens is 411 g/mol. The average Bonchev–Trinajstić information content (AvgIpc) is 3.01. The minimum Gasteiger partial charge on any atom is -0.467 e. The van der Waals surface area contributed by atoms with Gasteiger partial charge in [-0.05, 0) is 32.4 Å². The second-order valence-electron chi connectivity index (χ2n) is 4.56. The lowest BCUT2D eigenvalue weighted by Crippen LogP contribution is -2.39. The number of guanidine groups is 1. The second-order valence-corrected chi connectivity index (χ2v) is 4.56. The van der Waals surface area contributed by atoms with E-state index in [4.69, 9.17) is 9.15 Å². The van der Waals surface area contributed by atoms with Crippen molar-refractivity contribution in [1.82, 2.24) is 16.0 Å². The molecule has 0 bridgehead atoms. The summed E-state index contributed by atoms with van der Waals surface area (Å²) in [6, 6.07) is 3.73. The third kappa shape index (κ3) is 11.0. The zero-order chi connectivity index (χ0) is 16.0. The van der Waals surface area contributed by atoms with Gasteiger partial charge in [0.05, 0.1) is 6.26 Å². The Kier molecular flexibility index (Phi) is 13.5. The molecule has 0 aliphatic carbocycles. The number of aliphatic imine (C=N–C) groups is 1. The molecule has 1 amide bonds. The van der Waals surface area contributed by atoms with Gasteiger partial charge in [-0.15, -0.1) is 24.0 Å². The smallest absolute Gasteiger partial charge is 0.241 e. The highest BCUT2D eigenvalue weighted by Gasteiger charge is 2.01. The van der Waals surface area contributed by atoms with Crippen LogP contribution in [0.25, 0.3) is 0 Å². The van der Waals surface area contributed by atoms with Crippen molar-refractivity contribution in [1.29, 1.82) is 0 Å². The molecular formula is C15H27IN4O3. The van der Waals surface area contributed by atoms with E-state index in [-0.39, 0.29) is 36.4 Å². The summed E-state index contributed by atoms with van der Waals surface area (Å²) in [4.78, 5) is 15.6. The normalized spacial score (nSPS) is 10.8. The Morgan fingerprint density at radius 2 is 2.04 bits per heavy atom. The van der Waals surface area contributed by atoms with Crippen molar-refractivity contribution in [2.45, 2.75) is 26.9 Å². The van der Waals surface area contributed by atoms with Crippen molar-refractivity contribution in [3.05, 3.63) is 24.2 Å². The number of halogens is 1. The second kappa shape index (κ2) is 14.3. The van der Waals surface area contributed by atoms with Crippen molar-refractivity contribution >= 4 is 35.8 Å². The SMILES string of the molecule is CCNC(=O)CN=C(NCC)NCCCOCc1ccco1.I. The highest BCUT2D eigenvalue weighted by atomic mass is 127. The maximum Gasteiger partial charge on any atom is 0.241 e. The van der Waals surface area contributed by atoms with Gasteiger partial charge >= 0.3 is 0 Å². The number of carbonyl (C=O) groups is 1. The Hall–Kier alpha value is -1.29. The molecule has 1 heterocycles. The summed E-state index contributed by atoms with van der Waals surface area (Å²) in [6.45, 7) is 7.18. The van der Waals surface area contributed by atoms with E-state index in [1.807, 2.05) is 26.0 Å². The van der Waals surface area contributed by atoms with E-state index in [1.165, 1.54) is 0 Å². The lowest BCUT2D eigenvalue weighted by molar-refractivity contribution is -0.119. The Morgan fingerprint density at radius 1 is 1.26 bits per heavy atom. The Morgan fingerprint density at radius 3 is 2.70 bits per heavy atom.